The molecule has 1 aromatic rings. The van der Waals surface area contributed by atoms with Gasteiger partial charge in [0.25, 0.3) is 0 Å². The summed E-state index contributed by atoms with van der Waals surface area (Å²) in [6.07, 6.45) is 1.56. The summed E-state index contributed by atoms with van der Waals surface area (Å²) in [6, 6.07) is 5.15. The van der Waals surface area contributed by atoms with Gasteiger partial charge in [-0.25, -0.2) is 4.98 Å². The van der Waals surface area contributed by atoms with E-state index in [1.165, 1.54) is 19.1 Å². The van der Waals surface area contributed by atoms with Crippen LogP contribution in [-0.2, 0) is 23.9 Å². The first-order valence-electron chi connectivity index (χ1n) is 8.30. The summed E-state index contributed by atoms with van der Waals surface area (Å²) in [4.78, 5) is 41.5. The molecule has 0 spiro atoms. The van der Waals surface area contributed by atoms with E-state index >= 15 is 0 Å². The Morgan fingerprint density at radius 2 is 1.85 bits per heavy atom. The first kappa shape index (κ1) is 21.5. The number of nitrogens with zero attached hydrogens (tertiary/aromatic N) is 2. The smallest absolute Gasteiger partial charge is 0.239 e. The number of anilines is 1. The van der Waals surface area contributed by atoms with Crippen LogP contribution < -0.4 is 10.6 Å². The summed E-state index contributed by atoms with van der Waals surface area (Å²) in [6.45, 7) is 1.25. The Hall–Kier alpha value is -2.52. The van der Waals surface area contributed by atoms with Crippen LogP contribution in [0.3, 0.4) is 0 Å². The fourth-order valence-electron chi connectivity index (χ4n) is 2.04. The molecule has 0 saturated carbocycles. The lowest BCUT2D eigenvalue weighted by Crippen LogP contribution is -2.43. The predicted octanol–water partition coefficient (Wildman–Crippen LogP) is 0.0379. The van der Waals surface area contributed by atoms with Crippen molar-refractivity contribution in [1.29, 1.82) is 0 Å². The monoisotopic (exact) mass is 366 g/mol. The van der Waals surface area contributed by atoms with Crippen molar-refractivity contribution in [2.24, 2.45) is 0 Å². The van der Waals surface area contributed by atoms with Crippen molar-refractivity contribution in [2.75, 3.05) is 52.4 Å². The molecule has 0 fully saturated rings. The van der Waals surface area contributed by atoms with Crippen LogP contribution >= 0.6 is 0 Å². The number of aromatic nitrogens is 1. The highest BCUT2D eigenvalue weighted by atomic mass is 16.5. The van der Waals surface area contributed by atoms with Gasteiger partial charge in [0.1, 0.15) is 5.82 Å². The van der Waals surface area contributed by atoms with Crippen LogP contribution in [0.1, 0.15) is 12.8 Å². The van der Waals surface area contributed by atoms with E-state index in [0.717, 1.165) is 0 Å². The number of hydrogen-bond acceptors (Lipinski definition) is 6. The van der Waals surface area contributed by atoms with Gasteiger partial charge in [-0.1, -0.05) is 6.07 Å². The third kappa shape index (κ3) is 9.09. The van der Waals surface area contributed by atoms with Crippen molar-refractivity contribution in [2.45, 2.75) is 12.8 Å². The van der Waals surface area contributed by atoms with Crippen molar-refractivity contribution in [3.8, 4) is 0 Å². The van der Waals surface area contributed by atoms with Gasteiger partial charge in [0.15, 0.2) is 0 Å². The molecule has 0 aliphatic rings. The quantitative estimate of drug-likeness (QED) is 0.506. The maximum absolute atomic E-state index is 12.3. The Labute approximate surface area is 153 Å². The zero-order valence-corrected chi connectivity index (χ0v) is 15.2. The molecule has 1 aromatic heterocycles. The number of carbonyl (C=O) groups excluding carboxylic acids is 3. The Kier molecular flexibility index (Phi) is 10.6. The standard InChI is InChI=1S/C17H26N4O5/c1-25-11-9-19-16(23)13-21(10-12-26-2)17(24)7-6-15(22)20-14-5-3-4-8-18-14/h3-5,8H,6-7,9-13H2,1-2H3,(H,19,23)(H,18,20,22). The number of pyridine rings is 1. The lowest BCUT2D eigenvalue weighted by atomic mass is 10.2. The van der Waals surface area contributed by atoms with Crippen LogP contribution in [0, 0.1) is 0 Å². The van der Waals surface area contributed by atoms with Gasteiger partial charge in [-0.15, -0.1) is 0 Å². The molecule has 3 amide bonds. The lowest BCUT2D eigenvalue weighted by Gasteiger charge is -2.22. The molecule has 0 aliphatic carbocycles. The molecule has 26 heavy (non-hydrogen) atoms. The van der Waals surface area contributed by atoms with Crippen molar-refractivity contribution < 1.29 is 23.9 Å². The minimum atomic E-state index is -0.312. The highest BCUT2D eigenvalue weighted by Gasteiger charge is 2.18. The molecule has 1 rings (SSSR count). The molecule has 9 heteroatoms. The second-order valence-electron chi connectivity index (χ2n) is 5.41. The molecular formula is C17H26N4O5. The second-order valence-corrected chi connectivity index (χ2v) is 5.41. The highest BCUT2D eigenvalue weighted by molar-refractivity contribution is 5.93. The first-order chi connectivity index (χ1) is 12.6. The normalized spacial score (nSPS) is 10.2. The topological polar surface area (TPSA) is 110 Å². The largest absolute Gasteiger partial charge is 0.383 e. The van der Waals surface area contributed by atoms with Gasteiger partial charge in [-0.05, 0) is 12.1 Å². The Morgan fingerprint density at radius 1 is 1.08 bits per heavy atom. The molecule has 9 nitrogen and oxygen atoms in total. The van der Waals surface area contributed by atoms with E-state index in [9.17, 15) is 14.4 Å². The Balaban J connectivity index is 2.45. The molecule has 2 N–H and O–H groups in total. The predicted molar refractivity (Wildman–Crippen MR) is 95.4 cm³/mol. The zero-order valence-electron chi connectivity index (χ0n) is 15.2. The summed E-state index contributed by atoms with van der Waals surface area (Å²) >= 11 is 0. The van der Waals surface area contributed by atoms with Gasteiger partial charge < -0.3 is 25.0 Å². The fraction of sp³-hybridized carbons (Fsp3) is 0.529. The van der Waals surface area contributed by atoms with Crippen molar-refractivity contribution in [3.05, 3.63) is 24.4 Å². The van der Waals surface area contributed by atoms with Crippen LogP contribution in [0.15, 0.2) is 24.4 Å². The summed E-state index contributed by atoms with van der Waals surface area (Å²) in [5, 5.41) is 5.27. The van der Waals surface area contributed by atoms with Crippen LogP contribution in [0.25, 0.3) is 0 Å². The van der Waals surface area contributed by atoms with Crippen molar-refractivity contribution >= 4 is 23.5 Å². The van der Waals surface area contributed by atoms with E-state index < -0.39 is 0 Å². The minimum absolute atomic E-state index is 0.00415. The lowest BCUT2D eigenvalue weighted by molar-refractivity contribution is -0.137. The van der Waals surface area contributed by atoms with Gasteiger partial charge in [-0.3, -0.25) is 14.4 Å². The molecule has 0 atom stereocenters. The van der Waals surface area contributed by atoms with E-state index in [0.29, 0.717) is 25.6 Å². The van der Waals surface area contributed by atoms with Crippen LogP contribution in [-0.4, -0.2) is 74.7 Å². The zero-order chi connectivity index (χ0) is 19.2. The molecule has 0 radical (unpaired) electrons. The average molecular weight is 366 g/mol. The van der Waals surface area contributed by atoms with Crippen LogP contribution in [0.4, 0.5) is 5.82 Å². The number of carbonyl (C=O) groups is 3. The van der Waals surface area contributed by atoms with E-state index in [2.05, 4.69) is 15.6 Å². The minimum Gasteiger partial charge on any atom is -0.383 e. The summed E-state index contributed by atoms with van der Waals surface area (Å²) in [5.41, 5.74) is 0. The Morgan fingerprint density at radius 3 is 2.50 bits per heavy atom. The van der Waals surface area contributed by atoms with Gasteiger partial charge in [0.05, 0.1) is 19.8 Å². The number of nitrogens with one attached hydrogen (secondary N) is 2. The molecule has 1 heterocycles. The summed E-state index contributed by atoms with van der Waals surface area (Å²) < 4.78 is 9.83. The number of rotatable bonds is 12. The molecule has 0 unspecified atom stereocenters. The molecule has 0 saturated heterocycles. The number of ether oxygens (including phenoxy) is 2. The SMILES string of the molecule is COCCNC(=O)CN(CCOC)C(=O)CCC(=O)Nc1ccccn1. The van der Waals surface area contributed by atoms with Crippen LogP contribution in [0.2, 0.25) is 0 Å². The molecule has 144 valence electrons. The van der Waals surface area contributed by atoms with Gasteiger partial charge >= 0.3 is 0 Å². The van der Waals surface area contributed by atoms with E-state index in [4.69, 9.17) is 9.47 Å². The first-order valence-corrected chi connectivity index (χ1v) is 8.30. The number of methoxy groups -OCH3 is 2. The third-order valence-corrected chi connectivity index (χ3v) is 3.38. The maximum Gasteiger partial charge on any atom is 0.239 e. The molecule has 0 aliphatic heterocycles. The van der Waals surface area contributed by atoms with Gasteiger partial charge in [0.2, 0.25) is 17.7 Å². The van der Waals surface area contributed by atoms with Crippen molar-refractivity contribution in [1.82, 2.24) is 15.2 Å². The van der Waals surface area contributed by atoms with Crippen molar-refractivity contribution in [3.63, 3.8) is 0 Å². The number of amides is 3. The third-order valence-electron chi connectivity index (χ3n) is 3.38. The van der Waals surface area contributed by atoms with E-state index in [1.807, 2.05) is 0 Å². The molecular weight excluding hydrogens is 340 g/mol. The van der Waals surface area contributed by atoms with Gasteiger partial charge in [-0.2, -0.15) is 0 Å². The van der Waals surface area contributed by atoms with Gasteiger partial charge in [0, 0.05) is 46.3 Å². The average Bonchev–Trinajstić information content (AvgIpc) is 2.64. The Bertz CT molecular complexity index is 568. The molecule has 0 aromatic carbocycles. The van der Waals surface area contributed by atoms with E-state index in [1.54, 1.807) is 24.4 Å². The maximum atomic E-state index is 12.3. The summed E-state index contributed by atoms with van der Waals surface area (Å²) in [7, 11) is 3.05. The highest BCUT2D eigenvalue weighted by Crippen LogP contribution is 2.04. The number of hydrogen-bond donors (Lipinski definition) is 2. The molecule has 0 bridgehead atoms. The fourth-order valence-corrected chi connectivity index (χ4v) is 2.04. The van der Waals surface area contributed by atoms with E-state index in [-0.39, 0.29) is 43.7 Å². The summed E-state index contributed by atoms with van der Waals surface area (Å²) in [5.74, 6) is -0.462. The van der Waals surface area contributed by atoms with Crippen LogP contribution in [0.5, 0.6) is 0 Å². The second kappa shape index (κ2) is 12.8.